The van der Waals surface area contributed by atoms with Crippen molar-refractivity contribution in [2.75, 3.05) is 18.0 Å². The number of halogens is 3. The number of hydrogen-bond donors (Lipinski definition) is 0. The number of nitrogens with zero attached hydrogens (tertiary/aromatic N) is 2. The van der Waals surface area contributed by atoms with Crippen LogP contribution in [0, 0.1) is 17.1 Å². The zero-order valence-electron chi connectivity index (χ0n) is 8.38. The van der Waals surface area contributed by atoms with Gasteiger partial charge >= 0.3 is 0 Å². The zero-order valence-corrected chi connectivity index (χ0v) is 8.38. The molecule has 84 valence electrons. The van der Waals surface area contributed by atoms with E-state index in [4.69, 9.17) is 5.26 Å². The van der Waals surface area contributed by atoms with Gasteiger partial charge in [-0.3, -0.25) is 0 Å². The summed E-state index contributed by atoms with van der Waals surface area (Å²) < 4.78 is 39.4. The van der Waals surface area contributed by atoms with Crippen molar-refractivity contribution in [3.63, 3.8) is 0 Å². The lowest BCUT2D eigenvalue weighted by Crippen LogP contribution is -2.25. The van der Waals surface area contributed by atoms with Gasteiger partial charge in [-0.15, -0.1) is 0 Å². The SMILES string of the molecule is N#Cc1ccc(N2CCC(F)(F)C2)c(F)c1. The Morgan fingerprint density at radius 3 is 2.62 bits per heavy atom. The second kappa shape index (κ2) is 3.71. The molecule has 5 heteroatoms. The minimum atomic E-state index is -2.75. The van der Waals surface area contributed by atoms with E-state index in [2.05, 4.69) is 0 Å². The second-order valence-corrected chi connectivity index (χ2v) is 3.81. The Bertz CT molecular complexity index is 451. The van der Waals surface area contributed by atoms with Crippen LogP contribution < -0.4 is 4.90 Å². The van der Waals surface area contributed by atoms with Gasteiger partial charge in [0.15, 0.2) is 0 Å². The van der Waals surface area contributed by atoms with E-state index in [1.807, 2.05) is 0 Å². The summed E-state index contributed by atoms with van der Waals surface area (Å²) in [7, 11) is 0. The summed E-state index contributed by atoms with van der Waals surface area (Å²) in [5.74, 6) is -3.38. The number of rotatable bonds is 1. The van der Waals surface area contributed by atoms with Gasteiger partial charge < -0.3 is 4.90 Å². The molecule has 0 radical (unpaired) electrons. The molecule has 0 aliphatic carbocycles. The van der Waals surface area contributed by atoms with Crippen molar-refractivity contribution in [2.24, 2.45) is 0 Å². The van der Waals surface area contributed by atoms with Crippen molar-refractivity contribution in [1.82, 2.24) is 0 Å². The molecule has 0 saturated carbocycles. The summed E-state index contributed by atoms with van der Waals surface area (Å²) in [5.41, 5.74) is 0.323. The Morgan fingerprint density at radius 2 is 2.12 bits per heavy atom. The van der Waals surface area contributed by atoms with E-state index in [1.54, 1.807) is 6.07 Å². The number of alkyl halides is 2. The molecule has 0 unspecified atom stereocenters. The van der Waals surface area contributed by atoms with Crippen LogP contribution in [0.4, 0.5) is 18.9 Å². The van der Waals surface area contributed by atoms with Crippen LogP contribution in [0.5, 0.6) is 0 Å². The summed E-state index contributed by atoms with van der Waals surface area (Å²) in [5, 5.41) is 8.55. The molecule has 0 amide bonds. The minimum absolute atomic E-state index is 0.135. The first kappa shape index (κ1) is 10.8. The van der Waals surface area contributed by atoms with Crippen LogP contribution >= 0.6 is 0 Å². The van der Waals surface area contributed by atoms with E-state index in [-0.39, 0.29) is 24.2 Å². The van der Waals surface area contributed by atoms with Gasteiger partial charge in [0, 0.05) is 13.0 Å². The molecule has 2 rings (SSSR count). The largest absolute Gasteiger partial charge is 0.363 e. The highest BCUT2D eigenvalue weighted by atomic mass is 19.3. The Labute approximate surface area is 90.9 Å². The highest BCUT2D eigenvalue weighted by Crippen LogP contribution is 2.32. The molecule has 0 atom stereocenters. The summed E-state index contributed by atoms with van der Waals surface area (Å²) in [6, 6.07) is 5.65. The van der Waals surface area contributed by atoms with Crippen molar-refractivity contribution in [3.05, 3.63) is 29.6 Å². The van der Waals surface area contributed by atoms with Gasteiger partial charge in [0.1, 0.15) is 5.82 Å². The number of benzene rings is 1. The predicted octanol–water partition coefficient (Wildman–Crippen LogP) is 2.54. The van der Waals surface area contributed by atoms with Crippen molar-refractivity contribution in [2.45, 2.75) is 12.3 Å². The predicted molar refractivity (Wildman–Crippen MR) is 52.9 cm³/mol. The molecular formula is C11H9F3N2. The second-order valence-electron chi connectivity index (χ2n) is 3.81. The highest BCUT2D eigenvalue weighted by molar-refractivity contribution is 5.52. The maximum atomic E-state index is 13.5. The van der Waals surface area contributed by atoms with Gasteiger partial charge in [0.2, 0.25) is 0 Å². The van der Waals surface area contributed by atoms with Crippen LogP contribution in [-0.4, -0.2) is 19.0 Å². The zero-order chi connectivity index (χ0) is 11.8. The molecule has 1 aromatic carbocycles. The molecule has 0 spiro atoms. The standard InChI is InChI=1S/C11H9F3N2/c12-9-5-8(6-15)1-2-10(9)16-4-3-11(13,14)7-16/h1-2,5H,3-4,7H2. The lowest BCUT2D eigenvalue weighted by atomic mass is 10.2. The van der Waals surface area contributed by atoms with E-state index < -0.39 is 18.3 Å². The first-order valence-corrected chi connectivity index (χ1v) is 4.84. The summed E-state index contributed by atoms with van der Waals surface area (Å²) in [6.07, 6.45) is -0.257. The van der Waals surface area contributed by atoms with E-state index >= 15 is 0 Å². The maximum Gasteiger partial charge on any atom is 0.266 e. The third-order valence-electron chi connectivity index (χ3n) is 2.59. The number of hydrogen-bond acceptors (Lipinski definition) is 2. The van der Waals surface area contributed by atoms with Gasteiger partial charge in [-0.2, -0.15) is 5.26 Å². The molecule has 16 heavy (non-hydrogen) atoms. The van der Waals surface area contributed by atoms with E-state index in [0.29, 0.717) is 0 Å². The van der Waals surface area contributed by atoms with Crippen LogP contribution in [0.15, 0.2) is 18.2 Å². The minimum Gasteiger partial charge on any atom is -0.363 e. The van der Waals surface area contributed by atoms with E-state index in [0.717, 1.165) is 6.07 Å². The quantitative estimate of drug-likeness (QED) is 0.735. The molecule has 1 aliphatic rings. The summed E-state index contributed by atoms with van der Waals surface area (Å²) in [6.45, 7) is -0.328. The average Bonchev–Trinajstić information content (AvgIpc) is 2.58. The Balaban J connectivity index is 2.26. The van der Waals surface area contributed by atoms with Crippen LogP contribution in [0.2, 0.25) is 0 Å². The topological polar surface area (TPSA) is 27.0 Å². The summed E-state index contributed by atoms with van der Waals surface area (Å²) in [4.78, 5) is 1.30. The third-order valence-corrected chi connectivity index (χ3v) is 2.59. The summed E-state index contributed by atoms with van der Waals surface area (Å²) >= 11 is 0. The lowest BCUT2D eigenvalue weighted by molar-refractivity contribution is 0.0257. The Morgan fingerprint density at radius 1 is 1.38 bits per heavy atom. The average molecular weight is 226 g/mol. The highest BCUT2D eigenvalue weighted by Gasteiger charge is 2.38. The number of nitriles is 1. The van der Waals surface area contributed by atoms with Gasteiger partial charge in [-0.25, -0.2) is 13.2 Å². The van der Waals surface area contributed by atoms with Crippen LogP contribution in [0.1, 0.15) is 12.0 Å². The Kier molecular flexibility index (Phi) is 2.50. The van der Waals surface area contributed by atoms with Crippen molar-refractivity contribution >= 4 is 5.69 Å². The molecule has 0 N–H and O–H groups in total. The van der Waals surface area contributed by atoms with Gasteiger partial charge in [-0.05, 0) is 18.2 Å². The lowest BCUT2D eigenvalue weighted by Gasteiger charge is -2.18. The molecule has 2 nitrogen and oxygen atoms in total. The molecule has 0 bridgehead atoms. The van der Waals surface area contributed by atoms with Crippen LogP contribution in [0.25, 0.3) is 0 Å². The fourth-order valence-corrected chi connectivity index (χ4v) is 1.77. The van der Waals surface area contributed by atoms with Gasteiger partial charge in [-0.1, -0.05) is 0 Å². The fourth-order valence-electron chi connectivity index (χ4n) is 1.77. The third kappa shape index (κ3) is 1.96. The van der Waals surface area contributed by atoms with Crippen molar-refractivity contribution < 1.29 is 13.2 Å². The van der Waals surface area contributed by atoms with Crippen molar-refractivity contribution in [1.29, 1.82) is 5.26 Å². The molecule has 1 aromatic rings. The Hall–Kier alpha value is -1.70. The first-order valence-electron chi connectivity index (χ1n) is 4.84. The maximum absolute atomic E-state index is 13.5. The van der Waals surface area contributed by atoms with Gasteiger partial charge in [0.25, 0.3) is 5.92 Å². The number of anilines is 1. The molecule has 1 heterocycles. The van der Waals surface area contributed by atoms with E-state index in [1.165, 1.54) is 17.0 Å². The molecule has 0 aromatic heterocycles. The smallest absolute Gasteiger partial charge is 0.266 e. The molecule has 1 fully saturated rings. The van der Waals surface area contributed by atoms with Gasteiger partial charge in [0.05, 0.1) is 23.9 Å². The first-order chi connectivity index (χ1) is 7.52. The van der Waals surface area contributed by atoms with Crippen LogP contribution in [-0.2, 0) is 0 Å². The fraction of sp³-hybridized carbons (Fsp3) is 0.364. The van der Waals surface area contributed by atoms with Crippen LogP contribution in [0.3, 0.4) is 0 Å². The van der Waals surface area contributed by atoms with E-state index in [9.17, 15) is 13.2 Å². The monoisotopic (exact) mass is 226 g/mol. The van der Waals surface area contributed by atoms with Crippen molar-refractivity contribution in [3.8, 4) is 6.07 Å². The molecule has 1 aliphatic heterocycles. The molecule has 1 saturated heterocycles. The normalized spacial score (nSPS) is 18.5. The molecular weight excluding hydrogens is 217 g/mol.